The fourth-order valence-electron chi connectivity index (χ4n) is 3.12. The second-order valence-electron chi connectivity index (χ2n) is 6.26. The number of hydrogen-bond donors (Lipinski definition) is 1. The number of sulfonamides is 1. The van der Waals surface area contributed by atoms with Crippen molar-refractivity contribution in [1.29, 1.82) is 0 Å². The Hall–Kier alpha value is -2.98. The second kappa shape index (κ2) is 7.95. The lowest BCUT2D eigenvalue weighted by Gasteiger charge is -2.35. The van der Waals surface area contributed by atoms with Crippen LogP contribution in [0.5, 0.6) is 0 Å². The third-order valence-corrected chi connectivity index (χ3v) is 6.06. The zero-order chi connectivity index (χ0) is 20.3. The molecule has 3 rings (SSSR count). The van der Waals surface area contributed by atoms with E-state index >= 15 is 0 Å². The van der Waals surface area contributed by atoms with Gasteiger partial charge in [-0.2, -0.15) is 0 Å². The highest BCUT2D eigenvalue weighted by atomic mass is 32.2. The second-order valence-corrected chi connectivity index (χ2v) is 8.15. The largest absolute Gasteiger partial charge is 0.362 e. The van der Waals surface area contributed by atoms with Crippen LogP contribution in [0.4, 0.5) is 11.4 Å². The maximum absolute atomic E-state index is 12.5. The molecule has 2 aromatic carbocycles. The summed E-state index contributed by atoms with van der Waals surface area (Å²) in [5.74, 6) is -0.0785. The standard InChI is InChI=1S/C18H20N4O5S/c1-19-28(26,27)15-7-8-16(17(13-15)22(24)25)20-9-11-21(12-10-20)18(23)14-5-3-2-4-6-14/h2-8,13,19H,9-12H2,1H3. The Labute approximate surface area is 162 Å². The van der Waals surface area contributed by atoms with Gasteiger partial charge in [-0.25, -0.2) is 13.1 Å². The summed E-state index contributed by atoms with van der Waals surface area (Å²) in [6.45, 7) is 1.66. The van der Waals surface area contributed by atoms with Gasteiger partial charge < -0.3 is 9.80 Å². The van der Waals surface area contributed by atoms with Gasteiger partial charge in [0.15, 0.2) is 0 Å². The summed E-state index contributed by atoms with van der Waals surface area (Å²) in [6.07, 6.45) is 0. The fourth-order valence-corrected chi connectivity index (χ4v) is 3.87. The molecular formula is C18H20N4O5S. The number of amides is 1. The lowest BCUT2D eigenvalue weighted by atomic mass is 10.1. The van der Waals surface area contributed by atoms with E-state index in [1.165, 1.54) is 19.2 Å². The third kappa shape index (κ3) is 3.97. The van der Waals surface area contributed by atoms with Gasteiger partial charge in [-0.05, 0) is 31.3 Å². The highest BCUT2D eigenvalue weighted by Gasteiger charge is 2.28. The maximum atomic E-state index is 12.5. The molecule has 0 bridgehead atoms. The van der Waals surface area contributed by atoms with Crippen LogP contribution in [0.1, 0.15) is 10.4 Å². The first-order chi connectivity index (χ1) is 13.3. The van der Waals surface area contributed by atoms with E-state index in [-0.39, 0.29) is 16.5 Å². The van der Waals surface area contributed by atoms with Crippen LogP contribution in [0.15, 0.2) is 53.4 Å². The van der Waals surface area contributed by atoms with E-state index in [4.69, 9.17) is 0 Å². The maximum Gasteiger partial charge on any atom is 0.293 e. The molecule has 28 heavy (non-hydrogen) atoms. The molecule has 10 heteroatoms. The van der Waals surface area contributed by atoms with Crippen LogP contribution >= 0.6 is 0 Å². The number of carbonyl (C=O) groups excluding carboxylic acids is 1. The van der Waals surface area contributed by atoms with Crippen molar-refractivity contribution in [2.75, 3.05) is 38.1 Å². The van der Waals surface area contributed by atoms with Crippen LogP contribution in [0.25, 0.3) is 0 Å². The summed E-state index contributed by atoms with van der Waals surface area (Å²) in [4.78, 5) is 26.8. The summed E-state index contributed by atoms with van der Waals surface area (Å²) >= 11 is 0. The number of hydrogen-bond acceptors (Lipinski definition) is 6. The predicted octanol–water partition coefficient (Wildman–Crippen LogP) is 1.47. The van der Waals surface area contributed by atoms with Crippen molar-refractivity contribution in [1.82, 2.24) is 9.62 Å². The minimum atomic E-state index is -3.78. The quantitative estimate of drug-likeness (QED) is 0.596. The number of rotatable bonds is 5. The molecule has 1 aliphatic rings. The van der Waals surface area contributed by atoms with Crippen molar-refractivity contribution in [2.45, 2.75) is 4.90 Å². The summed E-state index contributed by atoms with van der Waals surface area (Å²) in [6, 6.07) is 12.8. The Balaban J connectivity index is 1.79. The van der Waals surface area contributed by atoms with Crippen LogP contribution in [0, 0.1) is 10.1 Å². The van der Waals surface area contributed by atoms with Crippen molar-refractivity contribution in [3.8, 4) is 0 Å². The molecular weight excluding hydrogens is 384 g/mol. The van der Waals surface area contributed by atoms with Crippen LogP contribution in [-0.4, -0.2) is 57.4 Å². The molecule has 0 saturated carbocycles. The Morgan fingerprint density at radius 3 is 2.29 bits per heavy atom. The average molecular weight is 404 g/mol. The van der Waals surface area contributed by atoms with Gasteiger partial charge in [0.1, 0.15) is 5.69 Å². The topological polar surface area (TPSA) is 113 Å². The zero-order valence-corrected chi connectivity index (χ0v) is 16.1. The van der Waals surface area contributed by atoms with Crippen LogP contribution in [0.2, 0.25) is 0 Å². The highest BCUT2D eigenvalue weighted by molar-refractivity contribution is 7.89. The van der Waals surface area contributed by atoms with Gasteiger partial charge in [0, 0.05) is 37.8 Å². The van der Waals surface area contributed by atoms with Gasteiger partial charge >= 0.3 is 0 Å². The van der Waals surface area contributed by atoms with Gasteiger partial charge in [-0.1, -0.05) is 18.2 Å². The first-order valence-corrected chi connectivity index (χ1v) is 10.1. The first-order valence-electron chi connectivity index (χ1n) is 8.65. The molecule has 2 aromatic rings. The highest BCUT2D eigenvalue weighted by Crippen LogP contribution is 2.31. The Morgan fingerprint density at radius 2 is 1.71 bits per heavy atom. The predicted molar refractivity (Wildman–Crippen MR) is 104 cm³/mol. The van der Waals surface area contributed by atoms with E-state index in [1.54, 1.807) is 34.1 Å². The molecule has 1 heterocycles. The van der Waals surface area contributed by atoms with Gasteiger partial charge in [0.25, 0.3) is 11.6 Å². The van der Waals surface area contributed by atoms with E-state index < -0.39 is 14.9 Å². The van der Waals surface area contributed by atoms with Crippen molar-refractivity contribution in [3.63, 3.8) is 0 Å². The number of nitro groups is 1. The molecule has 0 aliphatic carbocycles. The van der Waals surface area contributed by atoms with Crippen molar-refractivity contribution >= 4 is 27.3 Å². The Kier molecular flexibility index (Phi) is 5.61. The number of benzene rings is 2. The number of nitrogens with one attached hydrogen (secondary N) is 1. The number of nitro benzene ring substituents is 1. The smallest absolute Gasteiger partial charge is 0.293 e. The van der Waals surface area contributed by atoms with Crippen LogP contribution in [-0.2, 0) is 10.0 Å². The Bertz CT molecular complexity index is 986. The average Bonchev–Trinajstić information content (AvgIpc) is 2.73. The van der Waals surface area contributed by atoms with Gasteiger partial charge in [-0.15, -0.1) is 0 Å². The minimum Gasteiger partial charge on any atom is -0.362 e. The van der Waals surface area contributed by atoms with Crippen molar-refractivity contribution < 1.29 is 18.1 Å². The van der Waals surface area contributed by atoms with E-state index in [0.29, 0.717) is 37.4 Å². The summed E-state index contributed by atoms with van der Waals surface area (Å²) in [7, 11) is -2.53. The normalized spacial score (nSPS) is 14.8. The first kappa shape index (κ1) is 19.8. The van der Waals surface area contributed by atoms with E-state index in [0.717, 1.165) is 6.07 Å². The lowest BCUT2D eigenvalue weighted by Crippen LogP contribution is -2.49. The molecule has 0 aromatic heterocycles. The molecule has 1 aliphatic heterocycles. The van der Waals surface area contributed by atoms with E-state index in [2.05, 4.69) is 4.72 Å². The minimum absolute atomic E-state index is 0.0785. The van der Waals surface area contributed by atoms with Crippen LogP contribution in [0.3, 0.4) is 0 Å². The molecule has 1 saturated heterocycles. The monoisotopic (exact) mass is 404 g/mol. The number of anilines is 1. The summed E-state index contributed by atoms with van der Waals surface area (Å²) < 4.78 is 26.0. The fraction of sp³-hybridized carbons (Fsp3) is 0.278. The molecule has 0 radical (unpaired) electrons. The molecule has 148 valence electrons. The van der Waals surface area contributed by atoms with E-state index in [1.807, 2.05) is 6.07 Å². The number of piperazine rings is 1. The van der Waals surface area contributed by atoms with Crippen molar-refractivity contribution in [3.05, 3.63) is 64.2 Å². The summed E-state index contributed by atoms with van der Waals surface area (Å²) in [5, 5.41) is 11.5. The molecule has 0 unspecified atom stereocenters. The molecule has 1 fully saturated rings. The van der Waals surface area contributed by atoms with Gasteiger partial charge in [0.05, 0.1) is 9.82 Å². The SMILES string of the molecule is CNS(=O)(=O)c1ccc(N2CCN(C(=O)c3ccccc3)CC2)c([N+](=O)[O-])c1. The molecule has 1 N–H and O–H groups in total. The molecule has 9 nitrogen and oxygen atoms in total. The van der Waals surface area contributed by atoms with Gasteiger partial charge in [0.2, 0.25) is 10.0 Å². The lowest BCUT2D eigenvalue weighted by molar-refractivity contribution is -0.384. The Morgan fingerprint density at radius 1 is 1.07 bits per heavy atom. The van der Waals surface area contributed by atoms with Crippen LogP contribution < -0.4 is 9.62 Å². The number of nitrogens with zero attached hydrogens (tertiary/aromatic N) is 3. The van der Waals surface area contributed by atoms with Gasteiger partial charge in [-0.3, -0.25) is 14.9 Å². The number of carbonyl (C=O) groups is 1. The third-order valence-electron chi connectivity index (χ3n) is 4.65. The van der Waals surface area contributed by atoms with E-state index in [9.17, 15) is 23.3 Å². The van der Waals surface area contributed by atoms with Crippen molar-refractivity contribution in [2.24, 2.45) is 0 Å². The zero-order valence-electron chi connectivity index (χ0n) is 15.2. The molecule has 0 atom stereocenters. The molecule has 0 spiro atoms. The molecule has 1 amide bonds. The summed E-state index contributed by atoms with van der Waals surface area (Å²) in [5.41, 5.74) is 0.662.